The Morgan fingerprint density at radius 1 is 1.14 bits per heavy atom. The summed E-state index contributed by atoms with van der Waals surface area (Å²) in [6.45, 7) is 3.16. The molecule has 4 nitrogen and oxygen atoms in total. The SMILES string of the molecule is C=CC(=O)OC.O=[PH]1Oc2ccccc2-c2ccccc21. The molecule has 0 saturated heterocycles. The quantitative estimate of drug-likeness (QED) is 0.461. The Balaban J connectivity index is 0.000000232. The first-order chi connectivity index (χ1) is 10.2. The van der Waals surface area contributed by atoms with Gasteiger partial charge in [0.15, 0.2) is 0 Å². The Bertz CT molecular complexity index is 694. The average Bonchev–Trinajstić information content (AvgIpc) is 2.55. The van der Waals surface area contributed by atoms with E-state index in [9.17, 15) is 9.36 Å². The van der Waals surface area contributed by atoms with Crippen molar-refractivity contribution >= 4 is 19.3 Å². The molecule has 0 aliphatic carbocycles. The standard InChI is InChI=1S/C12H9O2P.C4H6O2/c13-15-12-8-4-2-6-10(12)9-5-1-3-7-11(9)14-15;1-3-4(5)6-2/h1-8,15H;3H,1H2,2H3. The van der Waals surface area contributed by atoms with Crippen LogP contribution in [0.15, 0.2) is 61.2 Å². The minimum absolute atomic E-state index is 0.394. The fourth-order valence-corrected chi connectivity index (χ4v) is 3.07. The number of hydrogen-bond donors (Lipinski definition) is 0. The van der Waals surface area contributed by atoms with Gasteiger partial charge in [-0.05, 0) is 17.7 Å². The summed E-state index contributed by atoms with van der Waals surface area (Å²) in [5, 5.41) is 0.821. The summed E-state index contributed by atoms with van der Waals surface area (Å²) in [7, 11) is -0.802. The molecule has 2 aromatic rings. The molecule has 1 unspecified atom stereocenters. The van der Waals surface area contributed by atoms with Gasteiger partial charge in [0.25, 0.3) is 8.03 Å². The van der Waals surface area contributed by atoms with Crippen molar-refractivity contribution < 1.29 is 18.6 Å². The zero-order valence-electron chi connectivity index (χ0n) is 11.5. The second-order valence-electron chi connectivity index (χ2n) is 4.16. The largest absolute Gasteiger partial charge is 0.466 e. The van der Waals surface area contributed by atoms with E-state index in [0.717, 1.165) is 28.3 Å². The lowest BCUT2D eigenvalue weighted by Crippen LogP contribution is -2.09. The van der Waals surface area contributed by atoms with Crippen LogP contribution >= 0.6 is 8.03 Å². The van der Waals surface area contributed by atoms with Crippen LogP contribution in [-0.4, -0.2) is 13.1 Å². The summed E-state index contributed by atoms with van der Waals surface area (Å²) in [5.41, 5.74) is 2.06. The first-order valence-corrected chi connectivity index (χ1v) is 7.60. The number of fused-ring (bicyclic) bond motifs is 3. The smallest absolute Gasteiger partial charge is 0.329 e. The van der Waals surface area contributed by atoms with Crippen molar-refractivity contribution in [2.45, 2.75) is 0 Å². The summed E-state index contributed by atoms with van der Waals surface area (Å²) in [4.78, 5) is 9.84. The lowest BCUT2D eigenvalue weighted by molar-refractivity contribution is -0.134. The van der Waals surface area contributed by atoms with E-state index in [2.05, 4.69) is 11.3 Å². The summed E-state index contributed by atoms with van der Waals surface area (Å²) in [6, 6.07) is 15.4. The number of benzene rings is 2. The van der Waals surface area contributed by atoms with Gasteiger partial charge in [-0.1, -0.05) is 43.0 Å². The fraction of sp³-hybridized carbons (Fsp3) is 0.0625. The predicted octanol–water partition coefficient (Wildman–Crippen LogP) is 3.19. The van der Waals surface area contributed by atoms with Gasteiger partial charge in [-0.15, -0.1) is 0 Å². The number of esters is 1. The molecule has 0 spiro atoms. The molecule has 0 bridgehead atoms. The molecule has 1 heterocycles. The molecule has 3 rings (SSSR count). The second kappa shape index (κ2) is 6.91. The first kappa shape index (κ1) is 15.1. The molecule has 0 amide bonds. The van der Waals surface area contributed by atoms with E-state index in [1.54, 1.807) is 0 Å². The van der Waals surface area contributed by atoms with Crippen LogP contribution in [0.2, 0.25) is 0 Å². The maximum atomic E-state index is 11.8. The van der Waals surface area contributed by atoms with Crippen molar-refractivity contribution in [3.05, 3.63) is 61.2 Å². The number of ether oxygens (including phenoxy) is 1. The van der Waals surface area contributed by atoms with Crippen LogP contribution < -0.4 is 9.83 Å². The van der Waals surface area contributed by atoms with Crippen LogP contribution in [0.5, 0.6) is 5.75 Å². The highest BCUT2D eigenvalue weighted by Gasteiger charge is 2.20. The molecular weight excluding hydrogens is 287 g/mol. The number of hydrogen-bond acceptors (Lipinski definition) is 4. The molecule has 5 heteroatoms. The summed E-state index contributed by atoms with van der Waals surface area (Å²) in [5.74, 6) is 0.329. The topological polar surface area (TPSA) is 52.6 Å². The Kier molecular flexibility index (Phi) is 4.96. The van der Waals surface area contributed by atoms with Gasteiger partial charge >= 0.3 is 5.97 Å². The van der Waals surface area contributed by atoms with Crippen LogP contribution in [-0.2, 0) is 14.1 Å². The Hall–Kier alpha value is -2.32. The van der Waals surface area contributed by atoms with Crippen LogP contribution in [0.3, 0.4) is 0 Å². The van der Waals surface area contributed by atoms with Crippen LogP contribution in [0, 0.1) is 0 Å². The average molecular weight is 302 g/mol. The highest BCUT2D eigenvalue weighted by atomic mass is 31.1. The highest BCUT2D eigenvalue weighted by molar-refractivity contribution is 7.49. The third-order valence-corrected chi connectivity index (χ3v) is 4.18. The molecule has 0 saturated carbocycles. The molecule has 1 aliphatic rings. The Morgan fingerprint density at radius 3 is 2.38 bits per heavy atom. The molecule has 0 radical (unpaired) electrons. The van der Waals surface area contributed by atoms with E-state index in [4.69, 9.17) is 4.52 Å². The maximum absolute atomic E-state index is 11.8. The van der Waals surface area contributed by atoms with E-state index in [1.165, 1.54) is 7.11 Å². The van der Waals surface area contributed by atoms with E-state index in [-0.39, 0.29) is 0 Å². The van der Waals surface area contributed by atoms with Gasteiger partial charge in [0.1, 0.15) is 5.75 Å². The second-order valence-corrected chi connectivity index (χ2v) is 5.48. The Morgan fingerprint density at radius 2 is 1.76 bits per heavy atom. The number of rotatable bonds is 1. The van der Waals surface area contributed by atoms with Crippen LogP contribution in [0.4, 0.5) is 0 Å². The van der Waals surface area contributed by atoms with Crippen molar-refractivity contribution in [2.75, 3.05) is 7.11 Å². The highest BCUT2D eigenvalue weighted by Crippen LogP contribution is 2.41. The molecule has 108 valence electrons. The van der Waals surface area contributed by atoms with E-state index in [1.807, 2.05) is 48.5 Å². The normalized spacial score (nSPS) is 14.4. The van der Waals surface area contributed by atoms with Crippen molar-refractivity contribution in [1.29, 1.82) is 0 Å². The van der Waals surface area contributed by atoms with Crippen molar-refractivity contribution in [2.24, 2.45) is 0 Å². The molecular formula is C16H15O4P. The minimum Gasteiger partial charge on any atom is -0.466 e. The van der Waals surface area contributed by atoms with Crippen molar-refractivity contribution in [1.82, 2.24) is 0 Å². The molecule has 2 aromatic carbocycles. The zero-order valence-corrected chi connectivity index (χ0v) is 12.5. The molecule has 21 heavy (non-hydrogen) atoms. The number of carbonyl (C=O) groups excluding carboxylic acids is 1. The number of methoxy groups -OCH3 is 1. The zero-order chi connectivity index (χ0) is 15.2. The van der Waals surface area contributed by atoms with Gasteiger partial charge in [-0.25, -0.2) is 4.79 Å². The molecule has 1 aliphatic heterocycles. The van der Waals surface area contributed by atoms with E-state index < -0.39 is 14.0 Å². The number of para-hydroxylation sites is 1. The van der Waals surface area contributed by atoms with Gasteiger partial charge < -0.3 is 9.26 Å². The van der Waals surface area contributed by atoms with E-state index in [0.29, 0.717) is 0 Å². The van der Waals surface area contributed by atoms with Gasteiger partial charge in [0.05, 0.1) is 12.4 Å². The monoisotopic (exact) mass is 302 g/mol. The lowest BCUT2D eigenvalue weighted by Gasteiger charge is -2.19. The molecule has 0 aromatic heterocycles. The third-order valence-electron chi connectivity index (χ3n) is 2.89. The molecule has 0 N–H and O–H groups in total. The first-order valence-electron chi connectivity index (χ1n) is 6.28. The Labute approximate surface area is 123 Å². The summed E-state index contributed by atoms with van der Waals surface area (Å²) < 4.78 is 21.4. The van der Waals surface area contributed by atoms with E-state index >= 15 is 0 Å². The molecule has 0 fully saturated rings. The van der Waals surface area contributed by atoms with Gasteiger partial charge in [0.2, 0.25) is 0 Å². The van der Waals surface area contributed by atoms with Crippen LogP contribution in [0.25, 0.3) is 11.1 Å². The van der Waals surface area contributed by atoms with Crippen LogP contribution in [0.1, 0.15) is 0 Å². The van der Waals surface area contributed by atoms with Gasteiger partial charge in [-0.2, -0.15) is 0 Å². The summed E-state index contributed by atoms with van der Waals surface area (Å²) in [6.07, 6.45) is 1.11. The molecule has 1 atom stereocenters. The summed E-state index contributed by atoms with van der Waals surface area (Å²) >= 11 is 0. The third kappa shape index (κ3) is 3.41. The predicted molar refractivity (Wildman–Crippen MR) is 83.4 cm³/mol. The van der Waals surface area contributed by atoms with Crippen molar-refractivity contribution in [3.63, 3.8) is 0 Å². The van der Waals surface area contributed by atoms with Gasteiger partial charge in [-0.3, -0.25) is 4.57 Å². The fourth-order valence-electron chi connectivity index (χ4n) is 1.91. The lowest BCUT2D eigenvalue weighted by atomic mass is 10.0. The minimum atomic E-state index is -2.11. The van der Waals surface area contributed by atoms with Gasteiger partial charge in [0, 0.05) is 11.6 Å². The maximum Gasteiger partial charge on any atom is 0.329 e. The van der Waals surface area contributed by atoms with Crippen molar-refractivity contribution in [3.8, 4) is 16.9 Å². The number of carbonyl (C=O) groups is 1.